The normalized spacial score (nSPS) is 11.7. The molecule has 21 heavy (non-hydrogen) atoms. The maximum absolute atomic E-state index is 13.9. The van der Waals surface area contributed by atoms with Crippen LogP contribution in [-0.2, 0) is 11.8 Å². The Kier molecular flexibility index (Phi) is 4.72. The van der Waals surface area contributed by atoms with Crippen molar-refractivity contribution >= 4 is 40.0 Å². The van der Waals surface area contributed by atoms with Crippen molar-refractivity contribution < 1.29 is 4.39 Å². The summed E-state index contributed by atoms with van der Waals surface area (Å²) in [5.41, 5.74) is 7.05. The molecular weight excluding hydrogens is 404 g/mol. The molecule has 0 saturated heterocycles. The van der Waals surface area contributed by atoms with E-state index >= 15 is 0 Å². The maximum atomic E-state index is 13.9. The molecule has 0 saturated carbocycles. The van der Waals surface area contributed by atoms with Crippen molar-refractivity contribution in [3.05, 3.63) is 49.7 Å². The minimum atomic E-state index is -0.361. The molecule has 0 radical (unpaired) electrons. The van der Waals surface area contributed by atoms with Gasteiger partial charge in [-0.1, -0.05) is 38.4 Å². The van der Waals surface area contributed by atoms with Gasteiger partial charge in [0.15, 0.2) is 0 Å². The number of halogens is 3. The zero-order valence-corrected chi connectivity index (χ0v) is 15.0. The highest BCUT2D eigenvalue weighted by Gasteiger charge is 2.23. The van der Waals surface area contributed by atoms with Gasteiger partial charge in [0, 0.05) is 22.4 Å². The third kappa shape index (κ3) is 3.63. The Morgan fingerprint density at radius 2 is 1.95 bits per heavy atom. The highest BCUT2D eigenvalue weighted by atomic mass is 127. The van der Waals surface area contributed by atoms with Crippen LogP contribution in [0.1, 0.15) is 37.9 Å². The predicted octanol–water partition coefficient (Wildman–Crippen LogP) is 4.34. The molecule has 1 heterocycles. The lowest BCUT2D eigenvalue weighted by molar-refractivity contribution is 0.558. The molecule has 2 aromatic rings. The summed E-state index contributed by atoms with van der Waals surface area (Å²) in [5.74, 6) is 0.531. The van der Waals surface area contributed by atoms with Crippen molar-refractivity contribution in [2.45, 2.75) is 32.6 Å². The summed E-state index contributed by atoms with van der Waals surface area (Å²) in [5, 5.41) is 0.369. The van der Waals surface area contributed by atoms with E-state index in [4.69, 9.17) is 17.3 Å². The molecular formula is C15H16ClFIN3. The first-order chi connectivity index (χ1) is 9.70. The molecule has 0 fully saturated rings. The van der Waals surface area contributed by atoms with Crippen molar-refractivity contribution in [1.29, 1.82) is 0 Å². The summed E-state index contributed by atoms with van der Waals surface area (Å²) >= 11 is 8.19. The second kappa shape index (κ2) is 6.04. The summed E-state index contributed by atoms with van der Waals surface area (Å²) in [4.78, 5) is 8.82. The quantitative estimate of drug-likeness (QED) is 0.737. The zero-order valence-electron chi connectivity index (χ0n) is 12.0. The molecule has 0 aliphatic rings. The number of nitrogen functional groups attached to an aromatic ring is 1. The molecule has 112 valence electrons. The minimum absolute atomic E-state index is 0.165. The first-order valence-corrected chi connectivity index (χ1v) is 7.91. The Morgan fingerprint density at radius 1 is 1.29 bits per heavy atom. The Morgan fingerprint density at radius 3 is 2.52 bits per heavy atom. The third-order valence-corrected chi connectivity index (χ3v) is 4.45. The van der Waals surface area contributed by atoms with Crippen LogP contribution in [0.25, 0.3) is 0 Å². The van der Waals surface area contributed by atoms with Gasteiger partial charge in [-0.25, -0.2) is 14.4 Å². The standard InChI is InChI=1S/C15H16ClFIN3/c1-15(2,3)13-12(18)14(19)21-11(20-13)7-8-9(16)5-4-6-10(8)17/h4-6H,7H2,1-3H3,(H2,19,20,21). The van der Waals surface area contributed by atoms with E-state index in [1.165, 1.54) is 6.07 Å². The van der Waals surface area contributed by atoms with Crippen molar-refractivity contribution in [3.63, 3.8) is 0 Å². The lowest BCUT2D eigenvalue weighted by Crippen LogP contribution is -2.19. The molecule has 1 aromatic carbocycles. The molecule has 0 bridgehead atoms. The fourth-order valence-electron chi connectivity index (χ4n) is 1.95. The molecule has 2 rings (SSSR count). The van der Waals surface area contributed by atoms with Crippen LogP contribution in [0.5, 0.6) is 0 Å². The van der Waals surface area contributed by atoms with Gasteiger partial charge in [0.2, 0.25) is 0 Å². The van der Waals surface area contributed by atoms with Crippen LogP contribution >= 0.6 is 34.2 Å². The van der Waals surface area contributed by atoms with Crippen LogP contribution in [0.2, 0.25) is 5.02 Å². The number of hydrogen-bond donors (Lipinski definition) is 1. The van der Waals surface area contributed by atoms with Gasteiger partial charge in [-0.15, -0.1) is 0 Å². The van der Waals surface area contributed by atoms with Gasteiger partial charge in [0.05, 0.1) is 9.26 Å². The Labute approximate surface area is 142 Å². The third-order valence-electron chi connectivity index (χ3n) is 3.03. The fraction of sp³-hybridized carbons (Fsp3) is 0.333. The molecule has 0 aliphatic carbocycles. The molecule has 0 unspecified atom stereocenters. The summed E-state index contributed by atoms with van der Waals surface area (Å²) in [6, 6.07) is 4.60. The summed E-state index contributed by atoms with van der Waals surface area (Å²) in [6.07, 6.45) is 0.218. The first-order valence-electron chi connectivity index (χ1n) is 6.45. The average molecular weight is 420 g/mol. The lowest BCUT2D eigenvalue weighted by atomic mass is 9.92. The molecule has 0 amide bonds. The van der Waals surface area contributed by atoms with Gasteiger partial charge in [0.1, 0.15) is 17.5 Å². The first kappa shape index (κ1) is 16.4. The second-order valence-electron chi connectivity index (χ2n) is 5.81. The van der Waals surface area contributed by atoms with Crippen LogP contribution in [0.4, 0.5) is 10.2 Å². The Hall–Kier alpha value is -0.950. The average Bonchev–Trinajstić information content (AvgIpc) is 2.36. The number of anilines is 1. The Balaban J connectivity index is 2.49. The van der Waals surface area contributed by atoms with E-state index in [2.05, 4.69) is 53.3 Å². The van der Waals surface area contributed by atoms with Gasteiger partial charge in [-0.05, 0) is 34.7 Å². The second-order valence-corrected chi connectivity index (χ2v) is 7.30. The zero-order chi connectivity index (χ0) is 15.8. The van der Waals surface area contributed by atoms with Gasteiger partial charge < -0.3 is 5.73 Å². The monoisotopic (exact) mass is 419 g/mol. The van der Waals surface area contributed by atoms with E-state index in [9.17, 15) is 4.39 Å². The number of benzene rings is 1. The number of nitrogens with two attached hydrogens (primary N) is 1. The van der Waals surface area contributed by atoms with E-state index in [0.29, 0.717) is 22.2 Å². The van der Waals surface area contributed by atoms with Gasteiger partial charge in [-0.3, -0.25) is 0 Å². The van der Waals surface area contributed by atoms with Crippen LogP contribution in [-0.4, -0.2) is 9.97 Å². The molecule has 6 heteroatoms. The van der Waals surface area contributed by atoms with Gasteiger partial charge >= 0.3 is 0 Å². The molecule has 1 aromatic heterocycles. The van der Waals surface area contributed by atoms with E-state index in [0.717, 1.165) is 9.26 Å². The highest BCUT2D eigenvalue weighted by molar-refractivity contribution is 14.1. The largest absolute Gasteiger partial charge is 0.383 e. The maximum Gasteiger partial charge on any atom is 0.140 e. The molecule has 0 aliphatic heterocycles. The molecule has 0 atom stereocenters. The number of nitrogens with zero attached hydrogens (tertiary/aromatic N) is 2. The van der Waals surface area contributed by atoms with Gasteiger partial charge in [-0.2, -0.15) is 0 Å². The van der Waals surface area contributed by atoms with Crippen LogP contribution in [0, 0.1) is 9.39 Å². The summed E-state index contributed by atoms with van der Waals surface area (Å²) in [6.45, 7) is 6.16. The van der Waals surface area contributed by atoms with Crippen molar-refractivity contribution in [2.75, 3.05) is 5.73 Å². The smallest absolute Gasteiger partial charge is 0.140 e. The number of hydrogen-bond acceptors (Lipinski definition) is 3. The van der Waals surface area contributed by atoms with Crippen molar-refractivity contribution in [2.24, 2.45) is 0 Å². The summed E-state index contributed by atoms with van der Waals surface area (Å²) in [7, 11) is 0. The van der Waals surface area contributed by atoms with E-state index < -0.39 is 0 Å². The van der Waals surface area contributed by atoms with Crippen LogP contribution in [0.15, 0.2) is 18.2 Å². The van der Waals surface area contributed by atoms with E-state index in [1.54, 1.807) is 12.1 Å². The topological polar surface area (TPSA) is 51.8 Å². The van der Waals surface area contributed by atoms with Gasteiger partial charge in [0.25, 0.3) is 0 Å². The van der Waals surface area contributed by atoms with Crippen molar-refractivity contribution in [1.82, 2.24) is 9.97 Å². The Bertz CT molecular complexity index is 663. The van der Waals surface area contributed by atoms with Crippen molar-refractivity contribution in [3.8, 4) is 0 Å². The minimum Gasteiger partial charge on any atom is -0.383 e. The highest BCUT2D eigenvalue weighted by Crippen LogP contribution is 2.29. The fourth-order valence-corrected chi connectivity index (χ4v) is 3.23. The van der Waals surface area contributed by atoms with E-state index in [1.807, 2.05) is 0 Å². The van der Waals surface area contributed by atoms with E-state index in [-0.39, 0.29) is 17.7 Å². The SMILES string of the molecule is CC(C)(C)c1nc(Cc2c(F)cccc2Cl)nc(N)c1I. The molecule has 3 nitrogen and oxygen atoms in total. The number of aromatic nitrogens is 2. The number of rotatable bonds is 2. The molecule has 2 N–H and O–H groups in total. The predicted molar refractivity (Wildman–Crippen MR) is 92.1 cm³/mol. The van der Waals surface area contributed by atoms with Crippen LogP contribution < -0.4 is 5.73 Å². The molecule has 0 spiro atoms. The summed E-state index contributed by atoms with van der Waals surface area (Å²) < 4.78 is 14.7. The lowest BCUT2D eigenvalue weighted by Gasteiger charge is -2.21. The van der Waals surface area contributed by atoms with Crippen LogP contribution in [0.3, 0.4) is 0 Å².